The number of hydrogen-bond acceptors (Lipinski definition) is 3. The van der Waals surface area contributed by atoms with Gasteiger partial charge in [0.05, 0.1) is 0 Å². The van der Waals surface area contributed by atoms with Crippen LogP contribution in [0.3, 0.4) is 0 Å². The van der Waals surface area contributed by atoms with Crippen LogP contribution in [0.15, 0.2) is 39.3 Å². The maximum Gasteiger partial charge on any atom is 0.231 e. The molecular weight excluding hydrogens is 386 g/mol. The average molecular weight is 399 g/mol. The monoisotopic (exact) mass is 397 g/mol. The Kier molecular flexibility index (Phi) is 3.89. The molecule has 0 aliphatic carbocycles. The number of benzene rings is 2. The summed E-state index contributed by atoms with van der Waals surface area (Å²) in [5.41, 5.74) is 3.42. The minimum Gasteiger partial charge on any atom is -0.454 e. The molecule has 0 saturated carbocycles. The van der Waals surface area contributed by atoms with Crippen molar-refractivity contribution in [1.29, 1.82) is 0 Å². The fraction of sp³-hybridized carbons (Fsp3) is 0.200. The van der Waals surface area contributed by atoms with Gasteiger partial charge in [-0.1, -0.05) is 22.0 Å². The van der Waals surface area contributed by atoms with Gasteiger partial charge in [-0.3, -0.25) is 0 Å². The van der Waals surface area contributed by atoms with Crippen molar-refractivity contribution in [2.75, 3.05) is 12.1 Å². The standard InChI is InChI=1S/C15H13Br2NO2/c1-9-2-3-13(12(17)4-9)18-7-10-5-14-15(6-11(10)16)20-8-19-14/h2-6,18H,7-8H2,1H3. The lowest BCUT2D eigenvalue weighted by Crippen LogP contribution is -2.01. The van der Waals surface area contributed by atoms with Crippen molar-refractivity contribution in [3.63, 3.8) is 0 Å². The van der Waals surface area contributed by atoms with E-state index in [-0.39, 0.29) is 0 Å². The molecule has 0 radical (unpaired) electrons. The molecule has 0 saturated heterocycles. The number of ether oxygens (including phenoxy) is 2. The molecule has 1 heterocycles. The quantitative estimate of drug-likeness (QED) is 0.800. The Balaban J connectivity index is 1.78. The Bertz CT molecular complexity index is 659. The minimum absolute atomic E-state index is 0.294. The molecule has 2 aromatic rings. The van der Waals surface area contributed by atoms with E-state index in [0.717, 1.165) is 31.7 Å². The number of anilines is 1. The van der Waals surface area contributed by atoms with Gasteiger partial charge in [0.1, 0.15) is 0 Å². The Labute approximate surface area is 134 Å². The zero-order valence-corrected chi connectivity index (χ0v) is 14.0. The molecule has 1 aliphatic rings. The summed E-state index contributed by atoms with van der Waals surface area (Å²) in [6, 6.07) is 10.2. The van der Waals surface area contributed by atoms with Gasteiger partial charge in [0.25, 0.3) is 0 Å². The summed E-state index contributed by atoms with van der Waals surface area (Å²) in [4.78, 5) is 0. The Hall–Kier alpha value is -1.20. The van der Waals surface area contributed by atoms with Gasteiger partial charge in [-0.05, 0) is 58.2 Å². The summed E-state index contributed by atoms with van der Waals surface area (Å²) < 4.78 is 12.8. The highest BCUT2D eigenvalue weighted by molar-refractivity contribution is 9.11. The van der Waals surface area contributed by atoms with Crippen LogP contribution in [-0.4, -0.2) is 6.79 Å². The first-order chi connectivity index (χ1) is 9.63. The highest BCUT2D eigenvalue weighted by Crippen LogP contribution is 2.37. The van der Waals surface area contributed by atoms with E-state index >= 15 is 0 Å². The van der Waals surface area contributed by atoms with E-state index in [1.165, 1.54) is 5.56 Å². The van der Waals surface area contributed by atoms with E-state index < -0.39 is 0 Å². The lowest BCUT2D eigenvalue weighted by molar-refractivity contribution is 0.174. The SMILES string of the molecule is Cc1ccc(NCc2cc3c(cc2Br)OCO3)c(Br)c1. The molecule has 0 unspecified atom stereocenters. The van der Waals surface area contributed by atoms with E-state index in [1.807, 2.05) is 12.1 Å². The van der Waals surface area contributed by atoms with Gasteiger partial charge in [0, 0.05) is 21.2 Å². The lowest BCUT2D eigenvalue weighted by atomic mass is 10.2. The van der Waals surface area contributed by atoms with Crippen LogP contribution in [-0.2, 0) is 6.54 Å². The van der Waals surface area contributed by atoms with E-state index in [2.05, 4.69) is 62.3 Å². The second-order valence-corrected chi connectivity index (χ2v) is 6.34. The summed E-state index contributed by atoms with van der Waals surface area (Å²) in [6.45, 7) is 3.07. The van der Waals surface area contributed by atoms with Crippen LogP contribution < -0.4 is 14.8 Å². The van der Waals surface area contributed by atoms with Crippen molar-refractivity contribution in [3.8, 4) is 11.5 Å². The first-order valence-electron chi connectivity index (χ1n) is 6.21. The van der Waals surface area contributed by atoms with E-state index in [0.29, 0.717) is 13.3 Å². The molecule has 0 spiro atoms. The number of rotatable bonds is 3. The van der Waals surface area contributed by atoms with E-state index in [4.69, 9.17) is 9.47 Å². The second-order valence-electron chi connectivity index (χ2n) is 4.63. The first kappa shape index (κ1) is 13.8. The first-order valence-corrected chi connectivity index (χ1v) is 7.80. The summed E-state index contributed by atoms with van der Waals surface area (Å²) in [5, 5.41) is 3.42. The van der Waals surface area contributed by atoms with Gasteiger partial charge in [-0.25, -0.2) is 0 Å². The lowest BCUT2D eigenvalue weighted by Gasteiger charge is -2.11. The predicted octanol–water partition coefficient (Wildman–Crippen LogP) is 4.86. The zero-order valence-electron chi connectivity index (χ0n) is 10.9. The van der Waals surface area contributed by atoms with Crippen LogP contribution in [0, 0.1) is 6.92 Å². The van der Waals surface area contributed by atoms with Gasteiger partial charge in [0.15, 0.2) is 11.5 Å². The Morgan fingerprint density at radius 2 is 1.80 bits per heavy atom. The fourth-order valence-corrected chi connectivity index (χ4v) is 3.14. The smallest absolute Gasteiger partial charge is 0.231 e. The van der Waals surface area contributed by atoms with Crippen molar-refractivity contribution < 1.29 is 9.47 Å². The molecule has 5 heteroatoms. The molecule has 3 nitrogen and oxygen atoms in total. The molecule has 0 bridgehead atoms. The zero-order chi connectivity index (χ0) is 14.1. The van der Waals surface area contributed by atoms with Crippen LogP contribution in [0.4, 0.5) is 5.69 Å². The van der Waals surface area contributed by atoms with Crippen LogP contribution >= 0.6 is 31.9 Å². The van der Waals surface area contributed by atoms with Gasteiger partial charge in [-0.2, -0.15) is 0 Å². The average Bonchev–Trinajstić information content (AvgIpc) is 2.84. The molecule has 20 heavy (non-hydrogen) atoms. The van der Waals surface area contributed by atoms with Crippen molar-refractivity contribution in [2.45, 2.75) is 13.5 Å². The van der Waals surface area contributed by atoms with E-state index in [1.54, 1.807) is 0 Å². The van der Waals surface area contributed by atoms with Crippen LogP contribution in [0.25, 0.3) is 0 Å². The highest BCUT2D eigenvalue weighted by atomic mass is 79.9. The van der Waals surface area contributed by atoms with Gasteiger partial charge in [-0.15, -0.1) is 0 Å². The minimum atomic E-state index is 0.294. The molecule has 1 aliphatic heterocycles. The molecule has 0 fully saturated rings. The molecule has 0 aromatic heterocycles. The number of nitrogens with one attached hydrogen (secondary N) is 1. The molecule has 104 valence electrons. The molecule has 2 aromatic carbocycles. The summed E-state index contributed by atoms with van der Waals surface area (Å²) >= 11 is 7.14. The third-order valence-electron chi connectivity index (χ3n) is 3.14. The molecular formula is C15H13Br2NO2. The largest absolute Gasteiger partial charge is 0.454 e. The topological polar surface area (TPSA) is 30.5 Å². The van der Waals surface area contributed by atoms with Gasteiger partial charge >= 0.3 is 0 Å². The van der Waals surface area contributed by atoms with Gasteiger partial charge < -0.3 is 14.8 Å². The van der Waals surface area contributed by atoms with Gasteiger partial charge in [0.2, 0.25) is 6.79 Å². The third kappa shape index (κ3) is 2.79. The van der Waals surface area contributed by atoms with Crippen molar-refractivity contribution >= 4 is 37.5 Å². The molecule has 3 rings (SSSR count). The number of halogens is 2. The number of fused-ring (bicyclic) bond motifs is 1. The fourth-order valence-electron chi connectivity index (χ4n) is 2.05. The predicted molar refractivity (Wildman–Crippen MR) is 86.5 cm³/mol. The normalized spacial score (nSPS) is 12.6. The van der Waals surface area contributed by atoms with Crippen LogP contribution in [0.5, 0.6) is 11.5 Å². The van der Waals surface area contributed by atoms with Crippen LogP contribution in [0.1, 0.15) is 11.1 Å². The Morgan fingerprint density at radius 3 is 2.55 bits per heavy atom. The van der Waals surface area contributed by atoms with Crippen molar-refractivity contribution in [3.05, 3.63) is 50.4 Å². The Morgan fingerprint density at radius 1 is 1.05 bits per heavy atom. The highest BCUT2D eigenvalue weighted by Gasteiger charge is 2.16. The van der Waals surface area contributed by atoms with E-state index in [9.17, 15) is 0 Å². The summed E-state index contributed by atoms with van der Waals surface area (Å²) in [6.07, 6.45) is 0. The summed E-state index contributed by atoms with van der Waals surface area (Å²) in [5.74, 6) is 1.59. The maximum absolute atomic E-state index is 5.41. The number of aryl methyl sites for hydroxylation is 1. The summed E-state index contributed by atoms with van der Waals surface area (Å²) in [7, 11) is 0. The molecule has 0 amide bonds. The van der Waals surface area contributed by atoms with Crippen molar-refractivity contribution in [1.82, 2.24) is 0 Å². The molecule has 0 atom stereocenters. The van der Waals surface area contributed by atoms with Crippen LogP contribution in [0.2, 0.25) is 0 Å². The second kappa shape index (κ2) is 5.66. The number of hydrogen-bond donors (Lipinski definition) is 1. The third-order valence-corrected chi connectivity index (χ3v) is 4.53. The molecule has 1 N–H and O–H groups in total. The maximum atomic E-state index is 5.41. The van der Waals surface area contributed by atoms with Crippen molar-refractivity contribution in [2.24, 2.45) is 0 Å².